The lowest BCUT2D eigenvalue weighted by atomic mass is 9.88. The summed E-state index contributed by atoms with van der Waals surface area (Å²) in [4.78, 5) is 12.7. The molecular formula is C22H27NO2. The Bertz CT molecular complexity index is 660. The Morgan fingerprint density at radius 3 is 2.28 bits per heavy atom. The highest BCUT2D eigenvalue weighted by Crippen LogP contribution is 2.29. The van der Waals surface area contributed by atoms with Gasteiger partial charge >= 0.3 is 0 Å². The normalized spacial score (nSPS) is 16.2. The van der Waals surface area contributed by atoms with Crippen LogP contribution < -0.4 is 10.1 Å². The van der Waals surface area contributed by atoms with Gasteiger partial charge in [-0.25, -0.2) is 0 Å². The van der Waals surface area contributed by atoms with Gasteiger partial charge in [-0.1, -0.05) is 61.7 Å². The van der Waals surface area contributed by atoms with E-state index >= 15 is 0 Å². The van der Waals surface area contributed by atoms with Crippen molar-refractivity contribution >= 4 is 5.91 Å². The molecule has 0 bridgehead atoms. The van der Waals surface area contributed by atoms with Crippen LogP contribution in [-0.4, -0.2) is 19.1 Å². The summed E-state index contributed by atoms with van der Waals surface area (Å²) >= 11 is 0. The van der Waals surface area contributed by atoms with Gasteiger partial charge in [-0.2, -0.15) is 0 Å². The van der Waals surface area contributed by atoms with Gasteiger partial charge in [-0.05, 0) is 36.1 Å². The minimum atomic E-state index is 0.0655. The lowest BCUT2D eigenvalue weighted by Gasteiger charge is -2.24. The van der Waals surface area contributed by atoms with Crippen LogP contribution in [0.1, 0.15) is 55.6 Å². The van der Waals surface area contributed by atoms with Crippen molar-refractivity contribution < 1.29 is 9.53 Å². The van der Waals surface area contributed by atoms with Gasteiger partial charge in [0.2, 0.25) is 5.91 Å². The molecule has 1 aliphatic carbocycles. The van der Waals surface area contributed by atoms with Crippen LogP contribution in [0.5, 0.6) is 5.75 Å². The molecule has 3 nitrogen and oxygen atoms in total. The van der Waals surface area contributed by atoms with Crippen LogP contribution in [0.15, 0.2) is 54.6 Å². The first kappa shape index (κ1) is 17.5. The molecule has 1 atom stereocenters. The van der Waals surface area contributed by atoms with Gasteiger partial charge < -0.3 is 10.1 Å². The molecule has 1 amide bonds. The fourth-order valence-electron chi connectivity index (χ4n) is 3.67. The van der Waals surface area contributed by atoms with Crippen molar-refractivity contribution in [1.29, 1.82) is 0 Å². The number of amides is 1. The second kappa shape index (κ2) is 8.70. The van der Waals surface area contributed by atoms with Crippen LogP contribution in [0.4, 0.5) is 0 Å². The van der Waals surface area contributed by atoms with E-state index in [1.54, 1.807) is 7.11 Å². The van der Waals surface area contributed by atoms with Crippen LogP contribution in [0.2, 0.25) is 0 Å². The first-order valence-corrected chi connectivity index (χ1v) is 9.24. The molecule has 2 aromatic rings. The minimum Gasteiger partial charge on any atom is -0.497 e. The third-order valence-electron chi connectivity index (χ3n) is 5.08. The molecule has 25 heavy (non-hydrogen) atoms. The number of rotatable bonds is 6. The molecule has 1 N–H and O–H groups in total. The van der Waals surface area contributed by atoms with E-state index in [2.05, 4.69) is 29.6 Å². The molecule has 0 aliphatic heterocycles. The van der Waals surface area contributed by atoms with E-state index in [1.807, 2.05) is 30.3 Å². The Kier molecular flexibility index (Phi) is 6.10. The predicted molar refractivity (Wildman–Crippen MR) is 101 cm³/mol. The third-order valence-corrected chi connectivity index (χ3v) is 5.08. The monoisotopic (exact) mass is 337 g/mol. The molecule has 0 heterocycles. The highest BCUT2D eigenvalue weighted by Gasteiger charge is 2.21. The quantitative estimate of drug-likeness (QED) is 0.832. The summed E-state index contributed by atoms with van der Waals surface area (Å²) in [6.45, 7) is 0. The zero-order valence-electron chi connectivity index (χ0n) is 14.9. The van der Waals surface area contributed by atoms with Crippen molar-refractivity contribution in [2.24, 2.45) is 0 Å². The lowest BCUT2D eigenvalue weighted by Crippen LogP contribution is -2.36. The molecule has 0 saturated heterocycles. The second-order valence-corrected chi connectivity index (χ2v) is 6.84. The summed E-state index contributed by atoms with van der Waals surface area (Å²) in [6, 6.07) is 18.7. The lowest BCUT2D eigenvalue weighted by molar-refractivity contribution is -0.122. The maximum atomic E-state index is 12.7. The van der Waals surface area contributed by atoms with E-state index in [4.69, 9.17) is 4.74 Å². The molecular weight excluding hydrogens is 310 g/mol. The molecule has 2 aromatic carbocycles. The van der Waals surface area contributed by atoms with Gasteiger partial charge in [-0.3, -0.25) is 4.79 Å². The number of hydrogen-bond donors (Lipinski definition) is 1. The average molecular weight is 337 g/mol. The van der Waals surface area contributed by atoms with Gasteiger partial charge in [0.1, 0.15) is 5.75 Å². The van der Waals surface area contributed by atoms with E-state index < -0.39 is 0 Å². The first-order chi connectivity index (χ1) is 12.3. The molecule has 0 radical (unpaired) electrons. The average Bonchev–Trinajstić information content (AvgIpc) is 2.68. The molecule has 0 spiro atoms. The van der Waals surface area contributed by atoms with Crippen LogP contribution in [-0.2, 0) is 4.79 Å². The maximum absolute atomic E-state index is 12.7. The number of ether oxygens (including phenoxy) is 1. The first-order valence-electron chi connectivity index (χ1n) is 9.24. The number of nitrogens with one attached hydrogen (secondary N) is 1. The van der Waals surface area contributed by atoms with Gasteiger partial charge in [0, 0.05) is 18.4 Å². The van der Waals surface area contributed by atoms with Gasteiger partial charge in [-0.15, -0.1) is 0 Å². The van der Waals surface area contributed by atoms with Crippen molar-refractivity contribution in [3.63, 3.8) is 0 Å². The number of carbonyl (C=O) groups excluding carboxylic acids is 1. The summed E-state index contributed by atoms with van der Waals surface area (Å²) in [5, 5.41) is 3.25. The smallest absolute Gasteiger partial charge is 0.221 e. The highest BCUT2D eigenvalue weighted by molar-refractivity contribution is 5.78. The molecule has 1 saturated carbocycles. The van der Waals surface area contributed by atoms with Gasteiger partial charge in [0.15, 0.2) is 0 Å². The van der Waals surface area contributed by atoms with Crippen molar-refractivity contribution in [3.05, 3.63) is 65.7 Å². The topological polar surface area (TPSA) is 38.3 Å². The maximum Gasteiger partial charge on any atom is 0.221 e. The zero-order chi connectivity index (χ0) is 17.5. The number of hydrogen-bond acceptors (Lipinski definition) is 2. The molecule has 0 aromatic heterocycles. The van der Waals surface area contributed by atoms with E-state index in [-0.39, 0.29) is 11.8 Å². The Labute approximate surface area is 150 Å². The molecule has 3 rings (SSSR count). The Hall–Kier alpha value is -2.29. The molecule has 3 heteroatoms. The minimum absolute atomic E-state index is 0.0655. The fourth-order valence-corrected chi connectivity index (χ4v) is 3.67. The molecule has 1 aliphatic rings. The Morgan fingerprint density at radius 2 is 1.64 bits per heavy atom. The van der Waals surface area contributed by atoms with E-state index in [0.29, 0.717) is 12.5 Å². The van der Waals surface area contributed by atoms with Crippen LogP contribution in [0, 0.1) is 0 Å². The van der Waals surface area contributed by atoms with E-state index in [0.717, 1.165) is 24.2 Å². The fraction of sp³-hybridized carbons (Fsp3) is 0.409. The van der Waals surface area contributed by atoms with Crippen LogP contribution in [0.3, 0.4) is 0 Å². The SMILES string of the molecule is COc1ccc([C@H](CC(=O)NC2CCCCC2)c2ccccc2)cc1. The third kappa shape index (κ3) is 4.85. The van der Waals surface area contributed by atoms with Crippen LogP contribution in [0.25, 0.3) is 0 Å². The molecule has 132 valence electrons. The largest absolute Gasteiger partial charge is 0.497 e. The number of methoxy groups -OCH3 is 1. The summed E-state index contributed by atoms with van der Waals surface area (Å²) in [7, 11) is 1.67. The summed E-state index contributed by atoms with van der Waals surface area (Å²) in [5.74, 6) is 1.05. The standard InChI is InChI=1S/C22H27NO2/c1-25-20-14-12-18(13-15-20)21(17-8-4-2-5-9-17)16-22(24)23-19-10-6-3-7-11-19/h2,4-5,8-9,12-15,19,21H,3,6-7,10-11,16H2,1H3,(H,23,24)/t21-/m1/s1. The molecule has 1 fully saturated rings. The summed E-state index contributed by atoms with van der Waals surface area (Å²) in [6.07, 6.45) is 6.46. The van der Waals surface area contributed by atoms with E-state index in [1.165, 1.54) is 24.8 Å². The summed E-state index contributed by atoms with van der Waals surface area (Å²) < 4.78 is 5.26. The van der Waals surface area contributed by atoms with Crippen molar-refractivity contribution in [2.45, 2.75) is 50.5 Å². The van der Waals surface area contributed by atoms with Crippen LogP contribution >= 0.6 is 0 Å². The number of benzene rings is 2. The molecule has 0 unspecified atom stereocenters. The highest BCUT2D eigenvalue weighted by atomic mass is 16.5. The zero-order valence-corrected chi connectivity index (χ0v) is 14.9. The second-order valence-electron chi connectivity index (χ2n) is 6.84. The van der Waals surface area contributed by atoms with Crippen molar-refractivity contribution in [1.82, 2.24) is 5.32 Å². The van der Waals surface area contributed by atoms with Crippen molar-refractivity contribution in [3.8, 4) is 5.75 Å². The number of carbonyl (C=O) groups is 1. The predicted octanol–water partition coefficient (Wildman–Crippen LogP) is 4.67. The van der Waals surface area contributed by atoms with Gasteiger partial charge in [0.25, 0.3) is 0 Å². The Morgan fingerprint density at radius 1 is 1.00 bits per heavy atom. The summed E-state index contributed by atoms with van der Waals surface area (Å²) in [5.41, 5.74) is 2.32. The van der Waals surface area contributed by atoms with Gasteiger partial charge in [0.05, 0.1) is 7.11 Å². The van der Waals surface area contributed by atoms with Crippen molar-refractivity contribution in [2.75, 3.05) is 7.11 Å². The Balaban J connectivity index is 1.75. The van der Waals surface area contributed by atoms with E-state index in [9.17, 15) is 4.79 Å².